The van der Waals surface area contributed by atoms with Gasteiger partial charge < -0.3 is 4.74 Å². The minimum atomic E-state index is 0.318. The van der Waals surface area contributed by atoms with E-state index in [0.29, 0.717) is 23.0 Å². The number of hydrogen-bond donors (Lipinski definition) is 1. The third kappa shape index (κ3) is 1.05. The van der Waals surface area contributed by atoms with Crippen molar-refractivity contribution < 1.29 is 4.74 Å². The third-order valence-electron chi connectivity index (χ3n) is 2.90. The fourth-order valence-electron chi connectivity index (χ4n) is 2.30. The van der Waals surface area contributed by atoms with E-state index in [0.717, 1.165) is 12.8 Å². The van der Waals surface area contributed by atoms with E-state index in [1.165, 1.54) is 6.42 Å². The van der Waals surface area contributed by atoms with Crippen LogP contribution >= 0.6 is 12.2 Å². The number of aromatic amines is 1. The minimum absolute atomic E-state index is 0.318. The van der Waals surface area contributed by atoms with Gasteiger partial charge in [-0.15, -0.1) is 0 Å². The standard InChI is InChI=1S/C7H10N4OS/c13-7-8-9-10-11(7)5-3-4-1-2-6(5)12-4/h4-6H,1-3H2,(H,8,10,13). The van der Waals surface area contributed by atoms with Crippen LogP contribution in [0.2, 0.25) is 0 Å². The molecule has 1 aromatic heterocycles. The molecule has 13 heavy (non-hydrogen) atoms. The second-order valence-electron chi connectivity index (χ2n) is 3.63. The van der Waals surface area contributed by atoms with E-state index in [1.54, 1.807) is 0 Å². The van der Waals surface area contributed by atoms with Crippen LogP contribution in [0.3, 0.4) is 0 Å². The second-order valence-corrected chi connectivity index (χ2v) is 3.99. The molecule has 3 unspecified atom stereocenters. The Hall–Kier alpha value is -0.750. The molecule has 70 valence electrons. The van der Waals surface area contributed by atoms with Gasteiger partial charge in [0.15, 0.2) is 0 Å². The molecule has 0 amide bonds. The van der Waals surface area contributed by atoms with Gasteiger partial charge in [-0.05, 0) is 31.5 Å². The van der Waals surface area contributed by atoms with Crippen LogP contribution in [0.15, 0.2) is 0 Å². The fourth-order valence-corrected chi connectivity index (χ4v) is 2.52. The van der Waals surface area contributed by atoms with Crippen LogP contribution in [0.1, 0.15) is 25.3 Å². The molecule has 0 aromatic carbocycles. The lowest BCUT2D eigenvalue weighted by Gasteiger charge is -2.17. The molecular formula is C7H10N4OS. The lowest BCUT2D eigenvalue weighted by molar-refractivity contribution is 0.0917. The Morgan fingerprint density at radius 2 is 2.46 bits per heavy atom. The number of nitrogens with one attached hydrogen (secondary N) is 1. The second kappa shape index (κ2) is 2.62. The highest BCUT2D eigenvalue weighted by Gasteiger charge is 2.42. The van der Waals surface area contributed by atoms with Crippen molar-refractivity contribution >= 4 is 12.2 Å². The van der Waals surface area contributed by atoms with Gasteiger partial charge in [0.1, 0.15) is 0 Å². The monoisotopic (exact) mass is 198 g/mol. The van der Waals surface area contributed by atoms with E-state index >= 15 is 0 Å². The summed E-state index contributed by atoms with van der Waals surface area (Å²) >= 11 is 5.04. The minimum Gasteiger partial charge on any atom is -0.373 e. The van der Waals surface area contributed by atoms with Gasteiger partial charge in [-0.2, -0.15) is 5.21 Å². The predicted octanol–water partition coefficient (Wildman–Crippen LogP) is 0.828. The molecule has 3 rings (SSSR count). The zero-order valence-electron chi connectivity index (χ0n) is 7.01. The van der Waals surface area contributed by atoms with Crippen LogP contribution in [-0.2, 0) is 4.74 Å². The Labute approximate surface area is 80.1 Å². The molecule has 2 bridgehead atoms. The van der Waals surface area contributed by atoms with E-state index in [2.05, 4.69) is 15.5 Å². The quantitative estimate of drug-likeness (QED) is 0.679. The molecule has 1 N–H and O–H groups in total. The number of hydrogen-bond acceptors (Lipinski definition) is 4. The molecule has 2 fully saturated rings. The number of tetrazole rings is 1. The lowest BCUT2D eigenvalue weighted by atomic mass is 9.96. The molecular weight excluding hydrogens is 188 g/mol. The maximum atomic E-state index is 5.72. The first-order valence-electron chi connectivity index (χ1n) is 4.49. The van der Waals surface area contributed by atoms with Crippen LogP contribution in [0.25, 0.3) is 0 Å². The molecule has 5 nitrogen and oxygen atoms in total. The van der Waals surface area contributed by atoms with Crippen molar-refractivity contribution in [3.05, 3.63) is 4.77 Å². The smallest absolute Gasteiger partial charge is 0.238 e. The molecule has 0 saturated carbocycles. The summed E-state index contributed by atoms with van der Waals surface area (Å²) in [5.74, 6) is 0. The van der Waals surface area contributed by atoms with Gasteiger partial charge in [0.05, 0.1) is 18.2 Å². The summed E-state index contributed by atoms with van der Waals surface area (Å²) < 4.78 is 8.10. The van der Waals surface area contributed by atoms with Gasteiger partial charge in [-0.25, -0.2) is 4.68 Å². The summed E-state index contributed by atoms with van der Waals surface area (Å²) in [6.45, 7) is 0. The molecule has 3 atom stereocenters. The van der Waals surface area contributed by atoms with Crippen LogP contribution in [0, 0.1) is 4.77 Å². The zero-order valence-corrected chi connectivity index (χ0v) is 7.83. The summed E-state index contributed by atoms with van der Waals surface area (Å²) in [5, 5.41) is 10.2. The van der Waals surface area contributed by atoms with Crippen LogP contribution in [-0.4, -0.2) is 32.4 Å². The van der Waals surface area contributed by atoms with Gasteiger partial charge in [-0.3, -0.25) is 0 Å². The molecule has 0 radical (unpaired) electrons. The number of ether oxygens (including phenoxy) is 1. The summed E-state index contributed by atoms with van der Waals surface area (Å²) in [5.41, 5.74) is 0. The van der Waals surface area contributed by atoms with Crippen molar-refractivity contribution in [3.63, 3.8) is 0 Å². The number of H-pyrrole nitrogens is 1. The third-order valence-corrected chi connectivity index (χ3v) is 3.18. The van der Waals surface area contributed by atoms with Gasteiger partial charge in [-0.1, -0.05) is 10.3 Å². The average Bonchev–Trinajstić information content (AvgIpc) is 2.77. The van der Waals surface area contributed by atoms with Crippen molar-refractivity contribution in [1.29, 1.82) is 0 Å². The van der Waals surface area contributed by atoms with Gasteiger partial charge in [0.2, 0.25) is 4.77 Å². The molecule has 6 heteroatoms. The maximum absolute atomic E-state index is 5.72. The lowest BCUT2D eigenvalue weighted by Crippen LogP contribution is -2.22. The first-order chi connectivity index (χ1) is 6.34. The van der Waals surface area contributed by atoms with Crippen LogP contribution in [0.5, 0.6) is 0 Å². The van der Waals surface area contributed by atoms with Crippen LogP contribution in [0.4, 0.5) is 0 Å². The maximum Gasteiger partial charge on any atom is 0.238 e. The Morgan fingerprint density at radius 1 is 1.54 bits per heavy atom. The molecule has 2 saturated heterocycles. The Kier molecular flexibility index (Phi) is 1.54. The molecule has 0 aliphatic carbocycles. The van der Waals surface area contributed by atoms with E-state index < -0.39 is 0 Å². The summed E-state index contributed by atoms with van der Waals surface area (Å²) in [7, 11) is 0. The van der Waals surface area contributed by atoms with Crippen molar-refractivity contribution in [3.8, 4) is 0 Å². The van der Waals surface area contributed by atoms with Crippen molar-refractivity contribution in [2.45, 2.75) is 37.5 Å². The van der Waals surface area contributed by atoms with Gasteiger partial charge in [0, 0.05) is 0 Å². The van der Waals surface area contributed by atoms with Crippen molar-refractivity contribution in [1.82, 2.24) is 20.2 Å². The first kappa shape index (κ1) is 7.64. The van der Waals surface area contributed by atoms with Gasteiger partial charge in [0.25, 0.3) is 0 Å². The average molecular weight is 198 g/mol. The molecule has 3 heterocycles. The normalized spacial score (nSPS) is 37.1. The molecule has 0 spiro atoms. The van der Waals surface area contributed by atoms with Crippen molar-refractivity contribution in [2.24, 2.45) is 0 Å². The number of fused-ring (bicyclic) bond motifs is 2. The summed E-state index contributed by atoms with van der Waals surface area (Å²) in [6, 6.07) is 0.334. The van der Waals surface area contributed by atoms with E-state index in [-0.39, 0.29) is 0 Å². The molecule has 2 aliphatic rings. The summed E-state index contributed by atoms with van der Waals surface area (Å²) in [4.78, 5) is 0. The number of nitrogens with zero attached hydrogens (tertiary/aromatic N) is 3. The first-order valence-corrected chi connectivity index (χ1v) is 4.90. The topological polar surface area (TPSA) is 55.7 Å². The van der Waals surface area contributed by atoms with E-state index in [9.17, 15) is 0 Å². The van der Waals surface area contributed by atoms with Gasteiger partial charge >= 0.3 is 0 Å². The zero-order chi connectivity index (χ0) is 8.84. The van der Waals surface area contributed by atoms with E-state index in [4.69, 9.17) is 17.0 Å². The largest absolute Gasteiger partial charge is 0.373 e. The molecule has 1 aromatic rings. The SMILES string of the molecule is S=c1nn[nH]n1C1CC2CCC1O2. The Morgan fingerprint density at radius 3 is 3.00 bits per heavy atom. The Balaban J connectivity index is 1.95. The highest BCUT2D eigenvalue weighted by atomic mass is 32.1. The van der Waals surface area contributed by atoms with Crippen LogP contribution < -0.4 is 0 Å². The Bertz CT molecular complexity index is 373. The number of rotatable bonds is 1. The predicted molar refractivity (Wildman–Crippen MR) is 46.8 cm³/mol. The number of aromatic nitrogens is 4. The fraction of sp³-hybridized carbons (Fsp3) is 0.857. The highest BCUT2D eigenvalue weighted by molar-refractivity contribution is 7.71. The van der Waals surface area contributed by atoms with E-state index in [1.807, 2.05) is 4.68 Å². The summed E-state index contributed by atoms with van der Waals surface area (Å²) in [6.07, 6.45) is 4.12. The molecule has 2 aliphatic heterocycles. The van der Waals surface area contributed by atoms with Crippen molar-refractivity contribution in [2.75, 3.05) is 0 Å². The highest BCUT2D eigenvalue weighted by Crippen LogP contribution is 2.41.